The normalized spacial score (nSPS) is 16.1. The number of nitrogens with one attached hydrogen (secondary N) is 1. The summed E-state index contributed by atoms with van der Waals surface area (Å²) in [5, 5.41) is 4.64. The maximum atomic E-state index is 4.90. The summed E-state index contributed by atoms with van der Waals surface area (Å²) in [6.07, 6.45) is 0. The van der Waals surface area contributed by atoms with Gasteiger partial charge in [-0.25, -0.2) is 4.98 Å². The van der Waals surface area contributed by atoms with Crippen LogP contribution in [0.15, 0.2) is 18.2 Å². The number of fused-ring (bicyclic) bond motifs is 1. The van der Waals surface area contributed by atoms with E-state index in [1.54, 1.807) is 0 Å². The van der Waals surface area contributed by atoms with Crippen LogP contribution >= 0.6 is 0 Å². The molecule has 0 bridgehead atoms. The lowest BCUT2D eigenvalue weighted by Gasteiger charge is -2.29. The van der Waals surface area contributed by atoms with Crippen molar-refractivity contribution in [2.75, 3.05) is 31.1 Å². The molecule has 1 N–H and O–H groups in total. The van der Waals surface area contributed by atoms with Gasteiger partial charge in [-0.15, -0.1) is 0 Å². The van der Waals surface area contributed by atoms with Gasteiger partial charge in [-0.1, -0.05) is 0 Å². The Kier molecular flexibility index (Phi) is 3.15. The second kappa shape index (κ2) is 4.82. The standard InChI is InChI=1S/C16H21N3/c1-11-8-14-9-13(3)16(18-15(14)10-12(11)2)19-6-4-17-5-7-19/h8-10,17H,4-7H2,1-3H3. The third-order valence-corrected chi connectivity index (χ3v) is 4.01. The molecule has 1 saturated heterocycles. The Morgan fingerprint density at radius 1 is 0.947 bits per heavy atom. The topological polar surface area (TPSA) is 28.2 Å². The summed E-state index contributed by atoms with van der Waals surface area (Å²) >= 11 is 0. The van der Waals surface area contributed by atoms with Crippen LogP contribution in [0.3, 0.4) is 0 Å². The summed E-state index contributed by atoms with van der Waals surface area (Å²) in [5.41, 5.74) is 5.04. The quantitative estimate of drug-likeness (QED) is 0.849. The van der Waals surface area contributed by atoms with Crippen molar-refractivity contribution in [2.24, 2.45) is 0 Å². The summed E-state index contributed by atoms with van der Waals surface area (Å²) in [6, 6.07) is 6.72. The van der Waals surface area contributed by atoms with E-state index in [1.807, 2.05) is 0 Å². The largest absolute Gasteiger partial charge is 0.354 e. The van der Waals surface area contributed by atoms with Crippen LogP contribution in [0.4, 0.5) is 5.82 Å². The van der Waals surface area contributed by atoms with Gasteiger partial charge in [0.2, 0.25) is 0 Å². The molecule has 19 heavy (non-hydrogen) atoms. The van der Waals surface area contributed by atoms with Crippen LogP contribution < -0.4 is 10.2 Å². The first-order valence-electron chi connectivity index (χ1n) is 6.99. The van der Waals surface area contributed by atoms with E-state index in [0.29, 0.717) is 0 Å². The summed E-state index contributed by atoms with van der Waals surface area (Å²) in [7, 11) is 0. The third kappa shape index (κ3) is 2.30. The molecule has 1 aromatic carbocycles. The molecular weight excluding hydrogens is 234 g/mol. The molecule has 2 aromatic rings. The minimum Gasteiger partial charge on any atom is -0.354 e. The van der Waals surface area contributed by atoms with Crippen molar-refractivity contribution in [3.05, 3.63) is 34.9 Å². The van der Waals surface area contributed by atoms with Crippen molar-refractivity contribution in [1.29, 1.82) is 0 Å². The lowest BCUT2D eigenvalue weighted by molar-refractivity contribution is 0.584. The molecule has 1 aromatic heterocycles. The predicted molar refractivity (Wildman–Crippen MR) is 81.0 cm³/mol. The van der Waals surface area contributed by atoms with Crippen LogP contribution in [-0.2, 0) is 0 Å². The van der Waals surface area contributed by atoms with E-state index in [2.05, 4.69) is 49.2 Å². The van der Waals surface area contributed by atoms with Crippen LogP contribution in [0.5, 0.6) is 0 Å². The lowest BCUT2D eigenvalue weighted by atomic mass is 10.0. The highest BCUT2D eigenvalue weighted by molar-refractivity contribution is 5.83. The van der Waals surface area contributed by atoms with E-state index in [0.717, 1.165) is 37.5 Å². The van der Waals surface area contributed by atoms with Gasteiger partial charge in [0.05, 0.1) is 5.52 Å². The van der Waals surface area contributed by atoms with Crippen molar-refractivity contribution in [1.82, 2.24) is 10.3 Å². The average Bonchev–Trinajstić information content (AvgIpc) is 2.41. The molecule has 0 atom stereocenters. The zero-order chi connectivity index (χ0) is 13.4. The Labute approximate surface area is 114 Å². The molecule has 0 spiro atoms. The Morgan fingerprint density at radius 3 is 2.32 bits per heavy atom. The van der Waals surface area contributed by atoms with Crippen LogP contribution in [-0.4, -0.2) is 31.2 Å². The van der Waals surface area contributed by atoms with Gasteiger partial charge >= 0.3 is 0 Å². The Hall–Kier alpha value is -1.61. The number of benzene rings is 1. The first kappa shape index (κ1) is 12.4. The van der Waals surface area contributed by atoms with Gasteiger partial charge in [-0.3, -0.25) is 0 Å². The smallest absolute Gasteiger partial charge is 0.132 e. The minimum atomic E-state index is 1.05. The summed E-state index contributed by atoms with van der Waals surface area (Å²) < 4.78 is 0. The van der Waals surface area contributed by atoms with Gasteiger partial charge in [-0.2, -0.15) is 0 Å². The Morgan fingerprint density at radius 2 is 1.58 bits per heavy atom. The van der Waals surface area contributed by atoms with E-state index in [-0.39, 0.29) is 0 Å². The molecule has 0 amide bonds. The van der Waals surface area contributed by atoms with Gasteiger partial charge in [0.1, 0.15) is 5.82 Å². The summed E-state index contributed by atoms with van der Waals surface area (Å²) in [6.45, 7) is 10.7. The van der Waals surface area contributed by atoms with E-state index >= 15 is 0 Å². The van der Waals surface area contributed by atoms with Crippen molar-refractivity contribution < 1.29 is 0 Å². The summed E-state index contributed by atoms with van der Waals surface area (Å²) in [4.78, 5) is 7.29. The van der Waals surface area contributed by atoms with Gasteiger partial charge in [0, 0.05) is 31.6 Å². The highest BCUT2D eigenvalue weighted by Gasteiger charge is 2.15. The van der Waals surface area contributed by atoms with Crippen LogP contribution in [0.2, 0.25) is 0 Å². The maximum Gasteiger partial charge on any atom is 0.132 e. The molecule has 3 rings (SSSR count). The van der Waals surface area contributed by atoms with Crippen LogP contribution in [0.25, 0.3) is 10.9 Å². The number of rotatable bonds is 1. The molecule has 0 aliphatic carbocycles. The molecule has 0 saturated carbocycles. The second-order valence-corrected chi connectivity index (χ2v) is 5.50. The first-order valence-corrected chi connectivity index (χ1v) is 6.99. The zero-order valence-electron chi connectivity index (χ0n) is 12.0. The molecule has 2 heterocycles. The highest BCUT2D eigenvalue weighted by Crippen LogP contribution is 2.25. The van der Waals surface area contributed by atoms with Crippen molar-refractivity contribution in [2.45, 2.75) is 20.8 Å². The molecule has 1 aliphatic heterocycles. The van der Waals surface area contributed by atoms with Gasteiger partial charge in [-0.05, 0) is 55.7 Å². The van der Waals surface area contributed by atoms with Crippen molar-refractivity contribution >= 4 is 16.7 Å². The summed E-state index contributed by atoms with van der Waals surface area (Å²) in [5.74, 6) is 1.15. The molecule has 3 heteroatoms. The fraction of sp³-hybridized carbons (Fsp3) is 0.438. The number of pyridine rings is 1. The number of hydrogen-bond acceptors (Lipinski definition) is 3. The fourth-order valence-electron chi connectivity index (χ4n) is 2.73. The molecule has 1 fully saturated rings. The van der Waals surface area contributed by atoms with E-state index < -0.39 is 0 Å². The average molecular weight is 255 g/mol. The predicted octanol–water partition coefficient (Wildman–Crippen LogP) is 2.57. The lowest BCUT2D eigenvalue weighted by Crippen LogP contribution is -2.44. The number of aromatic nitrogens is 1. The van der Waals surface area contributed by atoms with Gasteiger partial charge in [0.15, 0.2) is 0 Å². The van der Waals surface area contributed by atoms with E-state index in [4.69, 9.17) is 4.98 Å². The van der Waals surface area contributed by atoms with Gasteiger partial charge < -0.3 is 10.2 Å². The van der Waals surface area contributed by atoms with E-state index in [1.165, 1.54) is 22.1 Å². The first-order chi connectivity index (χ1) is 9.15. The fourth-order valence-corrected chi connectivity index (χ4v) is 2.73. The Bertz CT molecular complexity index is 613. The number of aryl methyl sites for hydroxylation is 3. The number of hydrogen-bond donors (Lipinski definition) is 1. The van der Waals surface area contributed by atoms with E-state index in [9.17, 15) is 0 Å². The maximum absolute atomic E-state index is 4.90. The minimum absolute atomic E-state index is 1.05. The van der Waals surface area contributed by atoms with Crippen LogP contribution in [0.1, 0.15) is 16.7 Å². The number of nitrogens with zero attached hydrogens (tertiary/aromatic N) is 2. The Balaban J connectivity index is 2.10. The number of piperazine rings is 1. The highest BCUT2D eigenvalue weighted by atomic mass is 15.2. The van der Waals surface area contributed by atoms with Crippen molar-refractivity contribution in [3.63, 3.8) is 0 Å². The second-order valence-electron chi connectivity index (χ2n) is 5.50. The number of anilines is 1. The van der Waals surface area contributed by atoms with Crippen molar-refractivity contribution in [3.8, 4) is 0 Å². The molecular formula is C16H21N3. The SMILES string of the molecule is Cc1cc2cc(C)c(N3CCNCC3)nc2cc1C. The third-order valence-electron chi connectivity index (χ3n) is 4.01. The molecule has 1 aliphatic rings. The van der Waals surface area contributed by atoms with Crippen LogP contribution in [0, 0.1) is 20.8 Å². The molecule has 3 nitrogen and oxygen atoms in total. The molecule has 0 unspecified atom stereocenters. The van der Waals surface area contributed by atoms with Gasteiger partial charge in [0.25, 0.3) is 0 Å². The molecule has 100 valence electrons. The monoisotopic (exact) mass is 255 g/mol. The molecule has 0 radical (unpaired) electrons. The zero-order valence-corrected chi connectivity index (χ0v) is 12.0.